The molecule has 202 valence electrons. The summed E-state index contributed by atoms with van der Waals surface area (Å²) < 4.78 is 161. The highest BCUT2D eigenvalue weighted by Gasteiger charge is 2.40. The quantitative estimate of drug-likeness (QED) is 0.173. The zero-order chi connectivity index (χ0) is 27.5. The van der Waals surface area contributed by atoms with Crippen LogP contribution in [0.3, 0.4) is 0 Å². The molecular formula is C23H21F12P. The number of benzene rings is 2. The van der Waals surface area contributed by atoms with Gasteiger partial charge in [-0.05, 0) is 67.5 Å². The summed E-state index contributed by atoms with van der Waals surface area (Å²) in [7, 11) is -2.43. The van der Waals surface area contributed by atoms with Gasteiger partial charge in [-0.15, -0.1) is 0 Å². The molecular weight excluding hydrogens is 535 g/mol. The van der Waals surface area contributed by atoms with Gasteiger partial charge in [0.05, 0.1) is 22.3 Å². The van der Waals surface area contributed by atoms with Gasteiger partial charge in [0.15, 0.2) is 0 Å². The summed E-state index contributed by atoms with van der Waals surface area (Å²) in [6, 6.07) is 1.24. The van der Waals surface area contributed by atoms with E-state index in [1.165, 1.54) is 0 Å². The zero-order valence-electron chi connectivity index (χ0n) is 18.7. The van der Waals surface area contributed by atoms with Gasteiger partial charge in [0.1, 0.15) is 0 Å². The molecule has 0 aromatic heterocycles. The summed E-state index contributed by atoms with van der Waals surface area (Å²) >= 11 is 0. The molecule has 13 heteroatoms. The minimum absolute atomic E-state index is 0.133. The molecule has 0 saturated heterocycles. The first-order valence-corrected chi connectivity index (χ1v) is 12.2. The molecule has 0 spiro atoms. The SMILES string of the molecule is CCCCCCCP(c1cc(C(F)(F)F)cc(C(F)(F)F)c1)c1cc(C(F)(F)F)cc(C(F)(F)F)c1. The van der Waals surface area contributed by atoms with E-state index < -0.39 is 65.5 Å². The van der Waals surface area contributed by atoms with E-state index in [4.69, 9.17) is 0 Å². The maximum atomic E-state index is 13.4. The maximum absolute atomic E-state index is 13.4. The van der Waals surface area contributed by atoms with Crippen molar-refractivity contribution in [2.45, 2.75) is 63.7 Å². The summed E-state index contributed by atoms with van der Waals surface area (Å²) in [4.78, 5) is 0. The average Bonchev–Trinajstić information content (AvgIpc) is 2.73. The summed E-state index contributed by atoms with van der Waals surface area (Å²) in [5.74, 6) is 0. The first-order valence-electron chi connectivity index (χ1n) is 10.7. The summed E-state index contributed by atoms with van der Waals surface area (Å²) in [6.07, 6.45) is -18.2. The molecule has 2 aromatic carbocycles. The molecule has 0 bridgehead atoms. The number of alkyl halides is 12. The Morgan fingerprint density at radius 3 is 1.06 bits per heavy atom. The standard InChI is InChI=1S/C23H21F12P/c1-2-3-4-5-6-7-36(18-10-14(20(24,25)26)8-15(11-18)21(27,28)29)19-12-16(22(30,31)32)9-17(13-19)23(33,34)35/h8-13H,2-7H2,1H3. The minimum Gasteiger partial charge on any atom is -0.166 e. The van der Waals surface area contributed by atoms with Crippen LogP contribution in [0.4, 0.5) is 52.7 Å². The second-order valence-corrected chi connectivity index (χ2v) is 10.4. The third-order valence-electron chi connectivity index (χ3n) is 5.25. The fraction of sp³-hybridized carbons (Fsp3) is 0.478. The van der Waals surface area contributed by atoms with Crippen LogP contribution in [-0.2, 0) is 24.7 Å². The van der Waals surface area contributed by atoms with E-state index in [0.717, 1.165) is 12.8 Å². The topological polar surface area (TPSA) is 0 Å². The predicted octanol–water partition coefficient (Wildman–Crippen LogP) is 9.16. The van der Waals surface area contributed by atoms with Crippen LogP contribution in [0.2, 0.25) is 0 Å². The van der Waals surface area contributed by atoms with Gasteiger partial charge in [0.2, 0.25) is 0 Å². The van der Waals surface area contributed by atoms with Gasteiger partial charge in [-0.3, -0.25) is 0 Å². The third-order valence-corrected chi connectivity index (χ3v) is 7.78. The van der Waals surface area contributed by atoms with E-state index >= 15 is 0 Å². The Morgan fingerprint density at radius 2 is 0.778 bits per heavy atom. The summed E-state index contributed by atoms with van der Waals surface area (Å²) in [6.45, 7) is 1.88. The van der Waals surface area contributed by atoms with E-state index in [-0.39, 0.29) is 24.7 Å². The van der Waals surface area contributed by atoms with Gasteiger partial charge in [0, 0.05) is 0 Å². The van der Waals surface area contributed by atoms with Gasteiger partial charge in [-0.2, -0.15) is 52.7 Å². The molecule has 36 heavy (non-hydrogen) atoms. The number of hydrogen-bond donors (Lipinski definition) is 0. The van der Waals surface area contributed by atoms with Crippen molar-refractivity contribution in [2.75, 3.05) is 6.16 Å². The molecule has 0 amide bonds. The summed E-state index contributed by atoms with van der Waals surface area (Å²) in [5.41, 5.74) is -6.75. The number of hydrogen-bond acceptors (Lipinski definition) is 0. The monoisotopic (exact) mass is 556 g/mol. The lowest BCUT2D eigenvalue weighted by Crippen LogP contribution is -2.23. The fourth-order valence-electron chi connectivity index (χ4n) is 3.47. The normalized spacial score (nSPS) is 13.5. The van der Waals surface area contributed by atoms with Gasteiger partial charge >= 0.3 is 24.7 Å². The molecule has 2 aromatic rings. The van der Waals surface area contributed by atoms with Crippen molar-refractivity contribution in [2.24, 2.45) is 0 Å². The van der Waals surface area contributed by atoms with Gasteiger partial charge in [-0.25, -0.2) is 0 Å². The van der Waals surface area contributed by atoms with Crippen LogP contribution in [0, 0.1) is 0 Å². The van der Waals surface area contributed by atoms with E-state index in [2.05, 4.69) is 0 Å². The molecule has 0 atom stereocenters. The van der Waals surface area contributed by atoms with Crippen LogP contribution in [0.15, 0.2) is 36.4 Å². The number of halogens is 12. The minimum atomic E-state index is -5.22. The van der Waals surface area contributed by atoms with Crippen molar-refractivity contribution in [1.82, 2.24) is 0 Å². The molecule has 2 rings (SSSR count). The van der Waals surface area contributed by atoms with Gasteiger partial charge < -0.3 is 0 Å². The number of rotatable bonds is 8. The van der Waals surface area contributed by atoms with Crippen LogP contribution >= 0.6 is 7.92 Å². The molecule has 0 heterocycles. The lowest BCUT2D eigenvalue weighted by Gasteiger charge is -2.24. The van der Waals surface area contributed by atoms with Crippen LogP contribution in [0.25, 0.3) is 0 Å². The van der Waals surface area contributed by atoms with Crippen LogP contribution in [0.5, 0.6) is 0 Å². The second-order valence-electron chi connectivity index (χ2n) is 8.09. The average molecular weight is 556 g/mol. The molecule has 0 unspecified atom stereocenters. The predicted molar refractivity (Wildman–Crippen MR) is 113 cm³/mol. The smallest absolute Gasteiger partial charge is 0.166 e. The van der Waals surface area contributed by atoms with Crippen molar-refractivity contribution in [3.05, 3.63) is 58.7 Å². The van der Waals surface area contributed by atoms with Crippen molar-refractivity contribution in [3.63, 3.8) is 0 Å². The third kappa shape index (κ3) is 8.28. The Bertz CT molecular complexity index is 876. The molecule has 0 nitrogen and oxygen atoms in total. The van der Waals surface area contributed by atoms with Gasteiger partial charge in [0.25, 0.3) is 0 Å². The van der Waals surface area contributed by atoms with Crippen molar-refractivity contribution >= 4 is 18.5 Å². The number of unbranched alkanes of at least 4 members (excludes halogenated alkanes) is 4. The Hall–Kier alpha value is -1.97. The molecule has 0 saturated carbocycles. The van der Waals surface area contributed by atoms with E-state index in [9.17, 15) is 52.7 Å². The Labute approximate surface area is 200 Å². The first-order chi connectivity index (χ1) is 16.3. The fourth-order valence-corrected chi connectivity index (χ4v) is 6.00. The zero-order valence-corrected chi connectivity index (χ0v) is 19.6. The highest BCUT2D eigenvalue weighted by molar-refractivity contribution is 7.73. The van der Waals surface area contributed by atoms with Crippen LogP contribution in [-0.4, -0.2) is 6.16 Å². The molecule has 0 aliphatic heterocycles. The first kappa shape index (κ1) is 30.3. The Kier molecular flexibility index (Phi) is 9.40. The largest absolute Gasteiger partial charge is 0.416 e. The van der Waals surface area contributed by atoms with E-state index in [0.29, 0.717) is 37.1 Å². The van der Waals surface area contributed by atoms with E-state index in [1.54, 1.807) is 0 Å². The lowest BCUT2D eigenvalue weighted by molar-refractivity contribution is -0.144. The molecule has 0 radical (unpaired) electrons. The van der Waals surface area contributed by atoms with Gasteiger partial charge in [-0.1, -0.05) is 32.6 Å². The van der Waals surface area contributed by atoms with Crippen LogP contribution < -0.4 is 10.6 Å². The molecule has 0 aliphatic rings. The molecule has 0 aliphatic carbocycles. The van der Waals surface area contributed by atoms with Crippen molar-refractivity contribution in [3.8, 4) is 0 Å². The Balaban J connectivity index is 2.75. The van der Waals surface area contributed by atoms with E-state index in [1.807, 2.05) is 6.92 Å². The van der Waals surface area contributed by atoms with Crippen molar-refractivity contribution < 1.29 is 52.7 Å². The Morgan fingerprint density at radius 1 is 0.472 bits per heavy atom. The highest BCUT2D eigenvalue weighted by atomic mass is 31.1. The lowest BCUT2D eigenvalue weighted by atomic mass is 10.1. The highest BCUT2D eigenvalue weighted by Crippen LogP contribution is 2.43. The molecule has 0 fully saturated rings. The second kappa shape index (κ2) is 11.2. The summed E-state index contributed by atoms with van der Waals surface area (Å²) in [5, 5.41) is -1.20. The van der Waals surface area contributed by atoms with Crippen LogP contribution in [0.1, 0.15) is 61.3 Å². The van der Waals surface area contributed by atoms with Crippen molar-refractivity contribution in [1.29, 1.82) is 0 Å². The maximum Gasteiger partial charge on any atom is 0.416 e. The molecule has 0 N–H and O–H groups in total.